The number of nitrogens with zero attached hydrogens (tertiary/aromatic N) is 3. The fourth-order valence-electron chi connectivity index (χ4n) is 2.47. The number of hydrogen-bond acceptors (Lipinski definition) is 3. The third-order valence-electron chi connectivity index (χ3n) is 3.57. The van der Waals surface area contributed by atoms with Crippen LogP contribution in [0.25, 0.3) is 11.0 Å². The Morgan fingerprint density at radius 1 is 1.14 bits per heavy atom. The molecule has 0 aliphatic carbocycles. The first-order chi connectivity index (χ1) is 10.8. The molecule has 1 heterocycles. The lowest BCUT2D eigenvalue weighted by atomic mass is 10.2. The fraction of sp³-hybridized carbons (Fsp3) is 0.235. The minimum Gasteiger partial charge on any atom is -0.354 e. The van der Waals surface area contributed by atoms with Gasteiger partial charge in [-0.3, -0.25) is 0 Å². The Bertz CT molecular complexity index is 766. The topological polar surface area (TPSA) is 42.7 Å². The molecular weight excluding hydrogens is 292 g/mol. The van der Waals surface area contributed by atoms with Crippen LogP contribution in [0.3, 0.4) is 0 Å². The van der Waals surface area contributed by atoms with Gasteiger partial charge in [0.1, 0.15) is 16.7 Å². The van der Waals surface area contributed by atoms with E-state index in [1.54, 1.807) is 0 Å². The van der Waals surface area contributed by atoms with Crippen LogP contribution in [0.15, 0.2) is 54.6 Å². The predicted molar refractivity (Wildman–Crippen MR) is 92.8 cm³/mol. The smallest absolute Gasteiger partial charge is 0.123 e. The molecule has 0 aliphatic rings. The van der Waals surface area contributed by atoms with Gasteiger partial charge in [-0.05, 0) is 18.6 Å². The summed E-state index contributed by atoms with van der Waals surface area (Å²) < 4.78 is 1.92. The van der Waals surface area contributed by atoms with Crippen molar-refractivity contribution in [3.05, 3.63) is 60.2 Å². The molecule has 5 heteroatoms. The second kappa shape index (κ2) is 6.66. The van der Waals surface area contributed by atoms with E-state index in [0.29, 0.717) is 0 Å². The standard InChI is InChI=1S/C17H18N4S/c1-2-8-16(18-17(22)13-9-4-3-5-10-13)21-15-12-7-6-11-14(15)19-20-21/h3-7,9-12,16H,2,8H2,1H3,(H,18,22)/t16-/m0/s1. The Morgan fingerprint density at radius 3 is 2.64 bits per heavy atom. The van der Waals surface area contributed by atoms with E-state index in [4.69, 9.17) is 12.2 Å². The van der Waals surface area contributed by atoms with Gasteiger partial charge in [-0.25, -0.2) is 4.68 Å². The number of benzene rings is 2. The molecule has 2 aromatic carbocycles. The zero-order valence-electron chi connectivity index (χ0n) is 12.4. The van der Waals surface area contributed by atoms with Crippen molar-refractivity contribution in [2.75, 3.05) is 0 Å². The molecule has 0 fully saturated rings. The molecule has 0 bridgehead atoms. The summed E-state index contributed by atoms with van der Waals surface area (Å²) in [6.45, 7) is 2.15. The summed E-state index contributed by atoms with van der Waals surface area (Å²) >= 11 is 5.54. The largest absolute Gasteiger partial charge is 0.354 e. The number of fused-ring (bicyclic) bond motifs is 1. The summed E-state index contributed by atoms with van der Waals surface area (Å²) in [5.74, 6) is 0. The van der Waals surface area contributed by atoms with Crippen LogP contribution in [0.5, 0.6) is 0 Å². The molecule has 1 atom stereocenters. The first-order valence-corrected chi connectivity index (χ1v) is 7.86. The van der Waals surface area contributed by atoms with Gasteiger partial charge in [0.05, 0.1) is 5.52 Å². The van der Waals surface area contributed by atoms with E-state index < -0.39 is 0 Å². The molecule has 112 valence electrons. The molecule has 3 rings (SSSR count). The highest BCUT2D eigenvalue weighted by Gasteiger charge is 2.16. The van der Waals surface area contributed by atoms with Crippen molar-refractivity contribution in [2.24, 2.45) is 0 Å². The van der Waals surface area contributed by atoms with Crippen LogP contribution in [-0.2, 0) is 0 Å². The quantitative estimate of drug-likeness (QED) is 0.730. The molecule has 0 amide bonds. The number of thiocarbonyl (C=S) groups is 1. The normalized spacial score (nSPS) is 12.2. The minimum atomic E-state index is 0.00473. The lowest BCUT2D eigenvalue weighted by molar-refractivity contribution is 0.399. The molecule has 22 heavy (non-hydrogen) atoms. The Kier molecular flexibility index (Phi) is 4.44. The maximum absolute atomic E-state index is 5.54. The van der Waals surface area contributed by atoms with E-state index in [-0.39, 0.29) is 6.17 Å². The second-order valence-corrected chi connectivity index (χ2v) is 5.57. The van der Waals surface area contributed by atoms with E-state index >= 15 is 0 Å². The van der Waals surface area contributed by atoms with Gasteiger partial charge in [-0.15, -0.1) is 5.10 Å². The van der Waals surface area contributed by atoms with Gasteiger partial charge in [-0.1, -0.05) is 73.2 Å². The summed E-state index contributed by atoms with van der Waals surface area (Å²) in [6, 6.07) is 18.0. The van der Waals surface area contributed by atoms with Gasteiger partial charge in [0, 0.05) is 5.56 Å². The van der Waals surface area contributed by atoms with Crippen molar-refractivity contribution in [1.29, 1.82) is 0 Å². The molecular formula is C17H18N4S. The van der Waals surface area contributed by atoms with Crippen molar-refractivity contribution < 1.29 is 0 Å². The van der Waals surface area contributed by atoms with Crippen LogP contribution in [0.4, 0.5) is 0 Å². The van der Waals surface area contributed by atoms with Crippen LogP contribution >= 0.6 is 12.2 Å². The Hall–Kier alpha value is -2.27. The van der Waals surface area contributed by atoms with Crippen LogP contribution in [0.2, 0.25) is 0 Å². The van der Waals surface area contributed by atoms with Gasteiger partial charge in [0.25, 0.3) is 0 Å². The Balaban J connectivity index is 1.88. The van der Waals surface area contributed by atoms with E-state index in [9.17, 15) is 0 Å². The number of nitrogens with one attached hydrogen (secondary N) is 1. The molecule has 4 nitrogen and oxygen atoms in total. The molecule has 1 N–H and O–H groups in total. The van der Waals surface area contributed by atoms with Crippen molar-refractivity contribution >= 4 is 28.2 Å². The average molecular weight is 310 g/mol. The summed E-state index contributed by atoms with van der Waals surface area (Å²) in [6.07, 6.45) is 1.97. The molecule has 0 saturated carbocycles. The lowest BCUT2D eigenvalue weighted by Crippen LogP contribution is -2.32. The zero-order valence-corrected chi connectivity index (χ0v) is 13.3. The number of hydrogen-bond donors (Lipinski definition) is 1. The van der Waals surface area contributed by atoms with Gasteiger partial charge >= 0.3 is 0 Å². The third kappa shape index (κ3) is 2.99. The van der Waals surface area contributed by atoms with E-state index in [2.05, 4.69) is 22.6 Å². The Morgan fingerprint density at radius 2 is 1.86 bits per heavy atom. The molecule has 0 saturated heterocycles. The maximum atomic E-state index is 5.54. The number of para-hydroxylation sites is 1. The highest BCUT2D eigenvalue weighted by molar-refractivity contribution is 7.80. The number of rotatable bonds is 5. The Labute approximate surface area is 135 Å². The van der Waals surface area contributed by atoms with Gasteiger partial charge in [0.15, 0.2) is 0 Å². The molecule has 0 radical (unpaired) electrons. The zero-order chi connectivity index (χ0) is 15.4. The van der Waals surface area contributed by atoms with Crippen LogP contribution in [0, 0.1) is 0 Å². The fourth-order valence-corrected chi connectivity index (χ4v) is 2.74. The van der Waals surface area contributed by atoms with Gasteiger partial charge in [-0.2, -0.15) is 0 Å². The summed E-state index contributed by atoms with van der Waals surface area (Å²) in [4.78, 5) is 0.735. The molecule has 1 aromatic heterocycles. The van der Waals surface area contributed by atoms with E-state index in [1.165, 1.54) is 0 Å². The summed E-state index contributed by atoms with van der Waals surface area (Å²) in [5.41, 5.74) is 2.93. The van der Waals surface area contributed by atoms with Crippen molar-refractivity contribution in [2.45, 2.75) is 25.9 Å². The molecule has 3 aromatic rings. The minimum absolute atomic E-state index is 0.00473. The van der Waals surface area contributed by atoms with E-state index in [0.717, 1.165) is 34.4 Å². The average Bonchev–Trinajstić information content (AvgIpc) is 2.99. The highest BCUT2D eigenvalue weighted by Crippen LogP contribution is 2.18. The van der Waals surface area contributed by atoms with Crippen LogP contribution in [-0.4, -0.2) is 20.0 Å². The summed E-state index contributed by atoms with van der Waals surface area (Å²) in [7, 11) is 0. The van der Waals surface area contributed by atoms with Crippen molar-refractivity contribution in [1.82, 2.24) is 20.3 Å². The van der Waals surface area contributed by atoms with Crippen molar-refractivity contribution in [3.63, 3.8) is 0 Å². The predicted octanol–water partition coefficient (Wildman–Crippen LogP) is 3.70. The van der Waals surface area contributed by atoms with Gasteiger partial charge in [0.2, 0.25) is 0 Å². The summed E-state index contributed by atoms with van der Waals surface area (Å²) in [5, 5.41) is 12.0. The first kappa shape index (κ1) is 14.7. The third-order valence-corrected chi connectivity index (χ3v) is 3.92. The molecule has 0 unspecified atom stereocenters. The van der Waals surface area contributed by atoms with Crippen LogP contribution < -0.4 is 5.32 Å². The molecule has 0 spiro atoms. The number of aromatic nitrogens is 3. The SMILES string of the molecule is CCC[C@@H](NC(=S)c1ccccc1)n1nnc2ccccc21. The monoisotopic (exact) mass is 310 g/mol. The second-order valence-electron chi connectivity index (χ2n) is 5.17. The van der Waals surface area contributed by atoms with Crippen molar-refractivity contribution in [3.8, 4) is 0 Å². The maximum Gasteiger partial charge on any atom is 0.123 e. The molecule has 0 aliphatic heterocycles. The van der Waals surface area contributed by atoms with E-state index in [1.807, 2.05) is 59.3 Å². The highest BCUT2D eigenvalue weighted by atomic mass is 32.1. The first-order valence-electron chi connectivity index (χ1n) is 7.45. The van der Waals surface area contributed by atoms with Gasteiger partial charge < -0.3 is 5.32 Å². The van der Waals surface area contributed by atoms with Crippen LogP contribution in [0.1, 0.15) is 31.5 Å². The lowest BCUT2D eigenvalue weighted by Gasteiger charge is -2.20.